The molecule has 3 rings (SSSR count). The molecule has 0 saturated heterocycles. The highest BCUT2D eigenvalue weighted by Gasteiger charge is 2.38. The molecule has 0 spiro atoms. The topological polar surface area (TPSA) is 29.5 Å². The molecule has 0 unspecified atom stereocenters. The Morgan fingerprint density at radius 2 is 0.833 bits per heavy atom. The number of hydrogen-bond donors (Lipinski definition) is 1. The fourth-order valence-electron chi connectivity index (χ4n) is 6.41. The first kappa shape index (κ1) is 34.1. The van der Waals surface area contributed by atoms with Gasteiger partial charge < -0.3 is 9.84 Å². The molecule has 2 nitrogen and oxygen atoms in total. The van der Waals surface area contributed by atoms with Gasteiger partial charge in [0.05, 0.1) is 12.7 Å². The average Bonchev–Trinajstić information content (AvgIpc) is 3.04. The Kier molecular flexibility index (Phi) is 17.3. The zero-order valence-corrected chi connectivity index (χ0v) is 26.5. The lowest BCUT2D eigenvalue weighted by Crippen LogP contribution is -2.35. The van der Waals surface area contributed by atoms with Crippen LogP contribution in [0.15, 0.2) is 91.0 Å². The molecule has 0 aliphatic rings. The van der Waals surface area contributed by atoms with Crippen molar-refractivity contribution in [2.75, 3.05) is 13.2 Å². The van der Waals surface area contributed by atoms with Crippen LogP contribution in [0.1, 0.15) is 133 Å². The summed E-state index contributed by atoms with van der Waals surface area (Å²) in [7, 11) is 0. The van der Waals surface area contributed by atoms with Gasteiger partial charge in [-0.15, -0.1) is 0 Å². The Morgan fingerprint density at radius 3 is 1.19 bits per heavy atom. The monoisotopic (exact) mass is 570 g/mol. The zero-order valence-electron chi connectivity index (χ0n) is 26.5. The smallest absolute Gasteiger partial charge is 0.0788 e. The molecule has 1 atom stereocenters. The van der Waals surface area contributed by atoms with E-state index in [1.54, 1.807) is 0 Å². The molecule has 3 aromatic rings. The third kappa shape index (κ3) is 12.1. The average molecular weight is 571 g/mol. The fraction of sp³-hybridized carbons (Fsp3) is 0.550. The first-order chi connectivity index (χ1) is 20.8. The maximum absolute atomic E-state index is 11.3. The molecule has 0 bridgehead atoms. The van der Waals surface area contributed by atoms with Gasteiger partial charge in [-0.05, 0) is 29.5 Å². The summed E-state index contributed by atoms with van der Waals surface area (Å²) in [5.41, 5.74) is 3.14. The summed E-state index contributed by atoms with van der Waals surface area (Å²) >= 11 is 0. The second-order valence-electron chi connectivity index (χ2n) is 12.2. The number of benzene rings is 3. The number of aliphatic hydroxyl groups is 1. The lowest BCUT2D eigenvalue weighted by molar-refractivity contribution is 0.0245. The van der Waals surface area contributed by atoms with Crippen molar-refractivity contribution in [2.24, 2.45) is 0 Å². The van der Waals surface area contributed by atoms with Crippen molar-refractivity contribution in [1.82, 2.24) is 0 Å². The minimum atomic E-state index is -0.563. The summed E-state index contributed by atoms with van der Waals surface area (Å²) in [4.78, 5) is 0. The molecular weight excluding hydrogens is 512 g/mol. The summed E-state index contributed by atoms with van der Waals surface area (Å²) < 4.78 is 6.02. The van der Waals surface area contributed by atoms with Crippen LogP contribution in [0.5, 0.6) is 0 Å². The van der Waals surface area contributed by atoms with Crippen LogP contribution in [0.25, 0.3) is 0 Å². The van der Waals surface area contributed by atoms with Gasteiger partial charge in [0.2, 0.25) is 0 Å². The van der Waals surface area contributed by atoms with Gasteiger partial charge >= 0.3 is 0 Å². The predicted octanol–water partition coefficient (Wildman–Crippen LogP) is 11.1. The van der Waals surface area contributed by atoms with Crippen LogP contribution in [0, 0.1) is 0 Å². The summed E-state index contributed by atoms with van der Waals surface area (Å²) in [6.07, 6.45) is 21.9. The van der Waals surface area contributed by atoms with Gasteiger partial charge in [-0.2, -0.15) is 0 Å². The molecule has 0 radical (unpaired) electrons. The van der Waals surface area contributed by atoms with Crippen molar-refractivity contribution in [1.29, 1.82) is 0 Å². The van der Waals surface area contributed by atoms with Crippen molar-refractivity contribution in [3.8, 4) is 0 Å². The highest BCUT2D eigenvalue weighted by Crippen LogP contribution is 2.43. The Balaban J connectivity index is 1.33. The maximum atomic E-state index is 11.3. The van der Waals surface area contributed by atoms with Gasteiger partial charge in [0, 0.05) is 12.0 Å². The molecule has 0 amide bonds. The standard InChI is InChI=1S/C40H58O2/c1-2-3-4-5-6-7-8-9-10-11-12-13-14-15-16-26-33-42-35-39(41)34-40(36-27-20-17-21-28-36,37-29-22-18-23-30-37)38-31-24-19-25-32-38/h17-25,27-32,39,41H,2-16,26,33-35H2,1H3/t39-/m1/s1. The number of aliphatic hydroxyl groups excluding tert-OH is 1. The number of rotatable bonds is 24. The van der Waals surface area contributed by atoms with Gasteiger partial charge in [-0.25, -0.2) is 0 Å². The predicted molar refractivity (Wildman–Crippen MR) is 180 cm³/mol. The van der Waals surface area contributed by atoms with Crippen LogP contribution >= 0.6 is 0 Å². The van der Waals surface area contributed by atoms with Crippen LogP contribution in [-0.2, 0) is 10.2 Å². The Labute approximate surface area is 257 Å². The van der Waals surface area contributed by atoms with Crippen molar-refractivity contribution in [3.63, 3.8) is 0 Å². The highest BCUT2D eigenvalue weighted by molar-refractivity contribution is 5.50. The minimum absolute atomic E-state index is 0.368. The quantitative estimate of drug-likeness (QED) is 0.0857. The summed E-state index contributed by atoms with van der Waals surface area (Å²) in [6.45, 7) is 3.38. The van der Waals surface area contributed by atoms with Crippen LogP contribution in [0.2, 0.25) is 0 Å². The summed E-state index contributed by atoms with van der Waals surface area (Å²) in [6, 6.07) is 31.8. The van der Waals surface area contributed by atoms with E-state index in [9.17, 15) is 5.11 Å². The van der Waals surface area contributed by atoms with E-state index < -0.39 is 11.5 Å². The van der Waals surface area contributed by atoms with Gasteiger partial charge in [-0.1, -0.05) is 194 Å². The fourth-order valence-corrected chi connectivity index (χ4v) is 6.41. The number of unbranched alkanes of at least 4 members (excludes halogenated alkanes) is 15. The molecule has 1 N–H and O–H groups in total. The van der Waals surface area contributed by atoms with Gasteiger partial charge in [-0.3, -0.25) is 0 Å². The molecule has 0 aliphatic heterocycles. The summed E-state index contributed by atoms with van der Waals surface area (Å²) in [5, 5.41) is 11.3. The second kappa shape index (κ2) is 21.3. The highest BCUT2D eigenvalue weighted by atomic mass is 16.5. The van der Waals surface area contributed by atoms with Crippen LogP contribution < -0.4 is 0 Å². The van der Waals surface area contributed by atoms with Gasteiger partial charge in [0.25, 0.3) is 0 Å². The van der Waals surface area contributed by atoms with E-state index in [1.165, 1.54) is 113 Å². The maximum Gasteiger partial charge on any atom is 0.0788 e. The first-order valence-electron chi connectivity index (χ1n) is 17.2. The Morgan fingerprint density at radius 1 is 0.500 bits per heavy atom. The minimum Gasteiger partial charge on any atom is -0.391 e. The van der Waals surface area contributed by atoms with Crippen molar-refractivity contribution in [2.45, 2.75) is 128 Å². The van der Waals surface area contributed by atoms with E-state index in [2.05, 4.69) is 97.9 Å². The number of ether oxygens (including phenoxy) is 1. The Bertz CT molecular complexity index is 921. The zero-order chi connectivity index (χ0) is 29.6. The van der Waals surface area contributed by atoms with Crippen LogP contribution in [0.3, 0.4) is 0 Å². The van der Waals surface area contributed by atoms with E-state index in [4.69, 9.17) is 4.74 Å². The molecular formula is C40H58O2. The molecule has 230 valence electrons. The Hall–Kier alpha value is -2.42. The lowest BCUT2D eigenvalue weighted by Gasteiger charge is -2.37. The van der Waals surface area contributed by atoms with E-state index in [-0.39, 0.29) is 0 Å². The SMILES string of the molecule is CCCCCCCCCCCCCCCCCCOC[C@H](O)CC(c1ccccc1)(c1ccccc1)c1ccccc1. The molecule has 0 aliphatic carbocycles. The molecule has 0 saturated carbocycles. The molecule has 0 aromatic heterocycles. The van der Waals surface area contributed by atoms with Gasteiger partial charge in [0.1, 0.15) is 0 Å². The third-order valence-corrected chi connectivity index (χ3v) is 8.79. The van der Waals surface area contributed by atoms with E-state index >= 15 is 0 Å². The summed E-state index contributed by atoms with van der Waals surface area (Å²) in [5.74, 6) is 0. The molecule has 3 aromatic carbocycles. The van der Waals surface area contributed by atoms with Gasteiger partial charge in [0.15, 0.2) is 0 Å². The molecule has 2 heteroatoms. The van der Waals surface area contributed by atoms with Crippen molar-refractivity contribution < 1.29 is 9.84 Å². The number of hydrogen-bond acceptors (Lipinski definition) is 2. The normalized spacial score (nSPS) is 12.4. The van der Waals surface area contributed by atoms with E-state index in [1.807, 2.05) is 0 Å². The largest absolute Gasteiger partial charge is 0.391 e. The second-order valence-corrected chi connectivity index (χ2v) is 12.2. The molecule has 0 fully saturated rings. The van der Waals surface area contributed by atoms with E-state index in [0.717, 1.165) is 13.0 Å². The van der Waals surface area contributed by atoms with Crippen molar-refractivity contribution in [3.05, 3.63) is 108 Å². The van der Waals surface area contributed by atoms with E-state index in [0.29, 0.717) is 13.0 Å². The first-order valence-corrected chi connectivity index (χ1v) is 17.2. The lowest BCUT2D eigenvalue weighted by atomic mass is 9.66. The van der Waals surface area contributed by atoms with Crippen LogP contribution in [0.4, 0.5) is 0 Å². The third-order valence-electron chi connectivity index (χ3n) is 8.79. The molecule has 42 heavy (non-hydrogen) atoms. The molecule has 0 heterocycles. The van der Waals surface area contributed by atoms with Crippen molar-refractivity contribution >= 4 is 0 Å². The van der Waals surface area contributed by atoms with Crippen LogP contribution in [-0.4, -0.2) is 24.4 Å².